The summed E-state index contributed by atoms with van der Waals surface area (Å²) in [6.45, 7) is 6.33. The summed E-state index contributed by atoms with van der Waals surface area (Å²) in [5.41, 5.74) is 3.52. The van der Waals surface area contributed by atoms with Crippen LogP contribution in [0.3, 0.4) is 0 Å². The molecule has 0 aromatic heterocycles. The van der Waals surface area contributed by atoms with Crippen LogP contribution in [0.5, 0.6) is 0 Å². The molecule has 0 radical (unpaired) electrons. The fourth-order valence-corrected chi connectivity index (χ4v) is 6.29. The number of nitrogens with one attached hydrogen (secondary N) is 1. The van der Waals surface area contributed by atoms with Gasteiger partial charge >= 0.3 is 0 Å². The lowest BCUT2D eigenvalue weighted by atomic mass is 9.95. The number of amides is 2. The van der Waals surface area contributed by atoms with Crippen molar-refractivity contribution < 1.29 is 18.0 Å². The predicted molar refractivity (Wildman–Crippen MR) is 153 cm³/mol. The molecule has 3 rings (SSSR count). The van der Waals surface area contributed by atoms with E-state index in [-0.39, 0.29) is 30.8 Å². The van der Waals surface area contributed by atoms with E-state index in [1.54, 1.807) is 4.90 Å². The van der Waals surface area contributed by atoms with Crippen LogP contribution in [0.2, 0.25) is 0 Å². The smallest absolute Gasteiger partial charge is 0.243 e. The molecule has 1 aliphatic carbocycles. The maximum Gasteiger partial charge on any atom is 0.243 e. The van der Waals surface area contributed by atoms with Gasteiger partial charge in [0.15, 0.2) is 0 Å². The minimum atomic E-state index is -3.52. The third-order valence-corrected chi connectivity index (χ3v) is 8.37. The molecule has 0 aliphatic heterocycles. The van der Waals surface area contributed by atoms with Gasteiger partial charge in [-0.15, -0.1) is 0 Å². The number of benzene rings is 2. The summed E-state index contributed by atoms with van der Waals surface area (Å²) in [4.78, 5) is 28.6. The summed E-state index contributed by atoms with van der Waals surface area (Å²) in [5, 5.41) is 3.20. The first kappa shape index (κ1) is 29.7. The molecule has 0 spiro atoms. The number of sulfonamides is 1. The molecule has 1 atom stereocenters. The van der Waals surface area contributed by atoms with Gasteiger partial charge < -0.3 is 10.2 Å². The molecule has 208 valence electrons. The van der Waals surface area contributed by atoms with Crippen molar-refractivity contribution in [3.8, 4) is 0 Å². The van der Waals surface area contributed by atoms with Crippen molar-refractivity contribution in [2.45, 2.75) is 90.8 Å². The molecule has 0 heterocycles. The topological polar surface area (TPSA) is 86.8 Å². The van der Waals surface area contributed by atoms with E-state index in [0.29, 0.717) is 25.1 Å². The molecule has 1 aliphatic rings. The standard InChI is InChI=1S/C30H43N3O4S/c1-5-28(30(35)31-26-15-10-7-11-16-26)32(22-25-13-8-6-9-14-25)29(34)17-12-18-33(38(4,36)37)27-20-23(2)19-24(3)21-27/h6,8-9,13-14,19-21,26,28H,5,7,10-12,15-18,22H2,1-4H3,(H,31,35)/t28-/m0/s1. The first-order valence-corrected chi connectivity index (χ1v) is 15.6. The molecule has 7 nitrogen and oxygen atoms in total. The molecular weight excluding hydrogens is 498 g/mol. The second-order valence-electron chi connectivity index (χ2n) is 10.6. The lowest BCUT2D eigenvalue weighted by Crippen LogP contribution is -2.51. The number of hydrogen-bond acceptors (Lipinski definition) is 4. The molecular formula is C30H43N3O4S. The van der Waals surface area contributed by atoms with E-state index in [9.17, 15) is 18.0 Å². The third-order valence-electron chi connectivity index (χ3n) is 7.18. The Morgan fingerprint density at radius 3 is 2.21 bits per heavy atom. The Morgan fingerprint density at radius 2 is 1.63 bits per heavy atom. The molecule has 0 saturated heterocycles. The maximum absolute atomic E-state index is 13.6. The SMILES string of the molecule is CC[C@@H](C(=O)NC1CCCCC1)N(Cc1ccccc1)C(=O)CCCN(c1cc(C)cc(C)c1)S(C)(=O)=O. The van der Waals surface area contributed by atoms with Crippen molar-refractivity contribution in [2.75, 3.05) is 17.1 Å². The molecule has 2 amide bonds. The van der Waals surface area contributed by atoms with E-state index < -0.39 is 16.1 Å². The van der Waals surface area contributed by atoms with E-state index in [2.05, 4.69) is 5.32 Å². The second-order valence-corrected chi connectivity index (χ2v) is 12.5. The summed E-state index contributed by atoms with van der Waals surface area (Å²) in [6.07, 6.45) is 7.60. The fourth-order valence-electron chi connectivity index (χ4n) is 5.34. The number of carbonyl (C=O) groups excluding carboxylic acids is 2. The Kier molecular flexibility index (Phi) is 10.8. The van der Waals surface area contributed by atoms with Gasteiger partial charge in [-0.3, -0.25) is 13.9 Å². The van der Waals surface area contributed by atoms with Gasteiger partial charge in [-0.1, -0.05) is 62.6 Å². The molecule has 38 heavy (non-hydrogen) atoms. The van der Waals surface area contributed by atoms with Gasteiger partial charge in [0.05, 0.1) is 11.9 Å². The zero-order chi connectivity index (χ0) is 27.7. The van der Waals surface area contributed by atoms with Crippen molar-refractivity contribution in [1.82, 2.24) is 10.2 Å². The summed E-state index contributed by atoms with van der Waals surface area (Å²) in [6, 6.07) is 15.0. The fraction of sp³-hybridized carbons (Fsp3) is 0.533. The first-order chi connectivity index (χ1) is 18.1. The largest absolute Gasteiger partial charge is 0.352 e. The van der Waals surface area contributed by atoms with Gasteiger partial charge in [0.2, 0.25) is 21.8 Å². The van der Waals surface area contributed by atoms with Gasteiger partial charge in [-0.05, 0) is 68.4 Å². The molecule has 2 aromatic rings. The van der Waals surface area contributed by atoms with E-state index in [0.717, 1.165) is 42.4 Å². The van der Waals surface area contributed by atoms with Crippen molar-refractivity contribution in [3.63, 3.8) is 0 Å². The van der Waals surface area contributed by atoms with Crippen LogP contribution < -0.4 is 9.62 Å². The Hall–Kier alpha value is -2.87. The van der Waals surface area contributed by atoms with E-state index in [1.807, 2.05) is 69.3 Å². The second kappa shape index (κ2) is 13.8. The van der Waals surface area contributed by atoms with Crippen LogP contribution in [-0.2, 0) is 26.2 Å². The highest BCUT2D eigenvalue weighted by Crippen LogP contribution is 2.23. The normalized spacial score (nSPS) is 15.1. The van der Waals surface area contributed by atoms with Gasteiger partial charge in [0.1, 0.15) is 6.04 Å². The number of hydrogen-bond donors (Lipinski definition) is 1. The van der Waals surface area contributed by atoms with E-state index in [4.69, 9.17) is 0 Å². The lowest BCUT2D eigenvalue weighted by molar-refractivity contribution is -0.141. The average Bonchev–Trinajstić information content (AvgIpc) is 2.86. The highest BCUT2D eigenvalue weighted by atomic mass is 32.2. The third kappa shape index (κ3) is 8.58. The van der Waals surface area contributed by atoms with Crippen LogP contribution >= 0.6 is 0 Å². The molecule has 0 bridgehead atoms. The summed E-state index contributed by atoms with van der Waals surface area (Å²) in [7, 11) is -3.52. The number of aryl methyl sites for hydroxylation is 2. The highest BCUT2D eigenvalue weighted by Gasteiger charge is 2.30. The van der Waals surface area contributed by atoms with Crippen LogP contribution in [0.4, 0.5) is 5.69 Å². The molecule has 2 aromatic carbocycles. The average molecular weight is 542 g/mol. The zero-order valence-electron chi connectivity index (χ0n) is 23.3. The predicted octanol–water partition coefficient (Wildman–Crippen LogP) is 5.11. The number of rotatable bonds is 12. The van der Waals surface area contributed by atoms with Gasteiger partial charge in [0, 0.05) is 25.6 Å². The van der Waals surface area contributed by atoms with Crippen molar-refractivity contribution in [3.05, 3.63) is 65.2 Å². The van der Waals surface area contributed by atoms with E-state index >= 15 is 0 Å². The van der Waals surface area contributed by atoms with Crippen LogP contribution in [0.1, 0.15) is 75.0 Å². The number of carbonyl (C=O) groups is 2. The van der Waals surface area contributed by atoms with Gasteiger partial charge in [-0.25, -0.2) is 8.42 Å². The summed E-state index contributed by atoms with van der Waals surface area (Å²) in [5.74, 6) is -0.245. The van der Waals surface area contributed by atoms with Crippen LogP contribution in [0, 0.1) is 13.8 Å². The Labute approximate surface area is 228 Å². The zero-order valence-corrected chi connectivity index (χ0v) is 24.1. The summed E-state index contributed by atoms with van der Waals surface area (Å²) >= 11 is 0. The number of nitrogens with zero attached hydrogens (tertiary/aromatic N) is 2. The number of anilines is 1. The van der Waals surface area contributed by atoms with Crippen molar-refractivity contribution in [1.29, 1.82) is 0 Å². The van der Waals surface area contributed by atoms with Crippen LogP contribution in [-0.4, -0.2) is 50.0 Å². The van der Waals surface area contributed by atoms with Gasteiger partial charge in [-0.2, -0.15) is 0 Å². The quantitative estimate of drug-likeness (QED) is 0.405. The van der Waals surface area contributed by atoms with Crippen LogP contribution in [0.15, 0.2) is 48.5 Å². The molecule has 1 N–H and O–H groups in total. The Bertz CT molecular complexity index is 1160. The minimum absolute atomic E-state index is 0.100. The molecule has 1 saturated carbocycles. The molecule has 1 fully saturated rings. The minimum Gasteiger partial charge on any atom is -0.352 e. The van der Waals surface area contributed by atoms with Crippen molar-refractivity contribution >= 4 is 27.5 Å². The Morgan fingerprint density at radius 1 is 1.00 bits per heavy atom. The summed E-state index contributed by atoms with van der Waals surface area (Å²) < 4.78 is 26.6. The van der Waals surface area contributed by atoms with Gasteiger partial charge in [0.25, 0.3) is 0 Å². The monoisotopic (exact) mass is 541 g/mol. The lowest BCUT2D eigenvalue weighted by Gasteiger charge is -2.33. The van der Waals surface area contributed by atoms with Crippen LogP contribution in [0.25, 0.3) is 0 Å². The van der Waals surface area contributed by atoms with E-state index in [1.165, 1.54) is 17.0 Å². The molecule has 0 unspecified atom stereocenters. The highest BCUT2D eigenvalue weighted by molar-refractivity contribution is 7.92. The first-order valence-electron chi connectivity index (χ1n) is 13.8. The van der Waals surface area contributed by atoms with Crippen molar-refractivity contribution in [2.24, 2.45) is 0 Å². The maximum atomic E-state index is 13.6. The Balaban J connectivity index is 1.75. The molecule has 8 heteroatoms.